The van der Waals surface area contributed by atoms with Crippen LogP contribution in [0.3, 0.4) is 0 Å². The Bertz CT molecular complexity index is 464. The predicted octanol–water partition coefficient (Wildman–Crippen LogP) is 2.07. The minimum atomic E-state index is -0.154. The first-order chi connectivity index (χ1) is 8.72. The van der Waals surface area contributed by atoms with Crippen molar-refractivity contribution in [2.45, 2.75) is 31.7 Å². The van der Waals surface area contributed by atoms with Gasteiger partial charge in [0.05, 0.1) is 12.2 Å². The lowest BCUT2D eigenvalue weighted by Gasteiger charge is -2.11. The van der Waals surface area contributed by atoms with Gasteiger partial charge in [-0.25, -0.2) is 0 Å². The first-order valence-corrected chi connectivity index (χ1v) is 6.49. The van der Waals surface area contributed by atoms with Gasteiger partial charge in [-0.1, -0.05) is 0 Å². The van der Waals surface area contributed by atoms with E-state index in [4.69, 9.17) is 4.74 Å². The van der Waals surface area contributed by atoms with Crippen molar-refractivity contribution in [3.05, 3.63) is 23.8 Å². The number of phenols is 1. The Morgan fingerprint density at radius 1 is 1.33 bits per heavy atom. The fraction of sp³-hybridized carbons (Fsp3) is 0.500. The van der Waals surface area contributed by atoms with Crippen molar-refractivity contribution in [1.82, 2.24) is 5.32 Å². The van der Waals surface area contributed by atoms with Gasteiger partial charge >= 0.3 is 0 Å². The standard InChI is InChI=1S/C14H17NO3/c16-11-5-6-13(18-8-9-1-2-9)12(7-11)14(17)15-10-3-4-10/h5-7,9-10,16H,1-4,8H2,(H,15,17). The van der Waals surface area contributed by atoms with Crippen molar-refractivity contribution in [3.8, 4) is 11.5 Å². The van der Waals surface area contributed by atoms with E-state index >= 15 is 0 Å². The first kappa shape index (κ1) is 11.4. The number of carbonyl (C=O) groups is 1. The Morgan fingerprint density at radius 2 is 2.11 bits per heavy atom. The average molecular weight is 247 g/mol. The lowest BCUT2D eigenvalue weighted by atomic mass is 10.1. The molecule has 0 spiro atoms. The maximum Gasteiger partial charge on any atom is 0.255 e. The van der Waals surface area contributed by atoms with E-state index in [0.29, 0.717) is 29.9 Å². The molecule has 4 heteroatoms. The number of carbonyl (C=O) groups excluding carboxylic acids is 1. The molecular formula is C14H17NO3. The Labute approximate surface area is 106 Å². The summed E-state index contributed by atoms with van der Waals surface area (Å²) in [5, 5.41) is 12.4. The Balaban J connectivity index is 1.74. The van der Waals surface area contributed by atoms with Crippen LogP contribution in [0.2, 0.25) is 0 Å². The van der Waals surface area contributed by atoms with Crippen LogP contribution in [0.25, 0.3) is 0 Å². The number of hydrogen-bond donors (Lipinski definition) is 2. The Morgan fingerprint density at radius 3 is 2.78 bits per heavy atom. The number of phenolic OH excluding ortho intramolecular Hbond substituents is 1. The van der Waals surface area contributed by atoms with Gasteiger partial charge in [0.25, 0.3) is 5.91 Å². The highest BCUT2D eigenvalue weighted by Gasteiger charge is 2.26. The monoisotopic (exact) mass is 247 g/mol. The van der Waals surface area contributed by atoms with Crippen LogP contribution >= 0.6 is 0 Å². The van der Waals surface area contributed by atoms with Crippen molar-refractivity contribution in [3.63, 3.8) is 0 Å². The molecule has 2 N–H and O–H groups in total. The molecule has 1 amide bonds. The third kappa shape index (κ3) is 2.75. The molecule has 18 heavy (non-hydrogen) atoms. The molecule has 2 fully saturated rings. The molecule has 0 saturated heterocycles. The van der Waals surface area contributed by atoms with Crippen molar-refractivity contribution in [1.29, 1.82) is 0 Å². The minimum Gasteiger partial charge on any atom is -0.508 e. The molecule has 3 rings (SSSR count). The van der Waals surface area contributed by atoms with Gasteiger partial charge in [-0.2, -0.15) is 0 Å². The van der Waals surface area contributed by atoms with Gasteiger partial charge in [-0.05, 0) is 49.8 Å². The van der Waals surface area contributed by atoms with Gasteiger partial charge in [0.1, 0.15) is 11.5 Å². The van der Waals surface area contributed by atoms with Gasteiger partial charge < -0.3 is 15.2 Å². The fourth-order valence-corrected chi connectivity index (χ4v) is 1.80. The number of rotatable bonds is 5. The maximum atomic E-state index is 12.0. The number of nitrogens with one attached hydrogen (secondary N) is 1. The summed E-state index contributed by atoms with van der Waals surface area (Å²) in [6.45, 7) is 0.661. The predicted molar refractivity (Wildman–Crippen MR) is 66.8 cm³/mol. The first-order valence-electron chi connectivity index (χ1n) is 6.49. The summed E-state index contributed by atoms with van der Waals surface area (Å²) < 4.78 is 5.67. The zero-order chi connectivity index (χ0) is 12.5. The summed E-state index contributed by atoms with van der Waals surface area (Å²) in [4.78, 5) is 12.0. The van der Waals surface area contributed by atoms with E-state index in [1.54, 1.807) is 12.1 Å². The summed E-state index contributed by atoms with van der Waals surface area (Å²) in [5.74, 6) is 1.14. The number of hydrogen-bond acceptors (Lipinski definition) is 3. The van der Waals surface area contributed by atoms with Crippen LogP contribution in [0.4, 0.5) is 0 Å². The Hall–Kier alpha value is -1.71. The zero-order valence-corrected chi connectivity index (χ0v) is 10.2. The van der Waals surface area contributed by atoms with E-state index in [1.807, 2.05) is 0 Å². The molecule has 4 nitrogen and oxygen atoms in total. The molecule has 0 unspecified atom stereocenters. The van der Waals surface area contributed by atoms with Gasteiger partial charge in [0.2, 0.25) is 0 Å². The van der Waals surface area contributed by atoms with E-state index in [2.05, 4.69) is 5.32 Å². The summed E-state index contributed by atoms with van der Waals surface area (Å²) in [6, 6.07) is 4.99. The third-order valence-corrected chi connectivity index (χ3v) is 3.29. The second-order valence-corrected chi connectivity index (χ2v) is 5.18. The van der Waals surface area contributed by atoms with Crippen molar-refractivity contribution in [2.24, 2.45) is 5.92 Å². The molecule has 96 valence electrons. The summed E-state index contributed by atoms with van der Waals surface area (Å²) in [5.41, 5.74) is 0.433. The van der Waals surface area contributed by atoms with Crippen molar-refractivity contribution in [2.75, 3.05) is 6.61 Å². The van der Waals surface area contributed by atoms with E-state index in [0.717, 1.165) is 12.8 Å². The van der Waals surface area contributed by atoms with Crippen LogP contribution < -0.4 is 10.1 Å². The molecule has 2 saturated carbocycles. The molecule has 0 aliphatic heterocycles. The minimum absolute atomic E-state index is 0.0923. The smallest absolute Gasteiger partial charge is 0.255 e. The number of aromatic hydroxyl groups is 1. The zero-order valence-electron chi connectivity index (χ0n) is 10.2. The molecule has 0 atom stereocenters. The number of benzene rings is 1. The Kier molecular flexibility index (Phi) is 2.86. The second-order valence-electron chi connectivity index (χ2n) is 5.18. The van der Waals surface area contributed by atoms with Crippen LogP contribution in [0.1, 0.15) is 36.0 Å². The fourth-order valence-electron chi connectivity index (χ4n) is 1.80. The SMILES string of the molecule is O=C(NC1CC1)c1cc(O)ccc1OCC1CC1. The van der Waals surface area contributed by atoms with E-state index < -0.39 is 0 Å². The molecule has 0 bridgehead atoms. The van der Waals surface area contributed by atoms with Gasteiger partial charge in [-0.3, -0.25) is 4.79 Å². The summed E-state index contributed by atoms with van der Waals surface area (Å²) in [6.07, 6.45) is 4.51. The topological polar surface area (TPSA) is 58.6 Å². The molecule has 1 aromatic rings. The van der Waals surface area contributed by atoms with Crippen LogP contribution in [0.5, 0.6) is 11.5 Å². The van der Waals surface area contributed by atoms with Crippen LogP contribution in [0.15, 0.2) is 18.2 Å². The molecular weight excluding hydrogens is 230 g/mol. The van der Waals surface area contributed by atoms with Gasteiger partial charge in [0.15, 0.2) is 0 Å². The highest BCUT2D eigenvalue weighted by molar-refractivity contribution is 5.97. The molecule has 0 radical (unpaired) electrons. The van der Waals surface area contributed by atoms with E-state index in [-0.39, 0.29) is 11.7 Å². The average Bonchev–Trinajstić information content (AvgIpc) is 3.22. The second kappa shape index (κ2) is 4.52. The van der Waals surface area contributed by atoms with Crippen LogP contribution in [-0.4, -0.2) is 23.7 Å². The lowest BCUT2D eigenvalue weighted by molar-refractivity contribution is 0.0946. The summed E-state index contributed by atoms with van der Waals surface area (Å²) >= 11 is 0. The molecule has 2 aliphatic carbocycles. The molecule has 2 aliphatic rings. The van der Waals surface area contributed by atoms with Crippen LogP contribution in [-0.2, 0) is 0 Å². The largest absolute Gasteiger partial charge is 0.508 e. The van der Waals surface area contributed by atoms with Crippen LogP contribution in [0, 0.1) is 5.92 Å². The molecule has 1 aromatic carbocycles. The number of amides is 1. The van der Waals surface area contributed by atoms with E-state index in [9.17, 15) is 9.90 Å². The van der Waals surface area contributed by atoms with Gasteiger partial charge in [-0.15, -0.1) is 0 Å². The summed E-state index contributed by atoms with van der Waals surface area (Å²) in [7, 11) is 0. The maximum absolute atomic E-state index is 12.0. The van der Waals surface area contributed by atoms with Crippen molar-refractivity contribution < 1.29 is 14.6 Å². The van der Waals surface area contributed by atoms with Crippen molar-refractivity contribution >= 4 is 5.91 Å². The highest BCUT2D eigenvalue weighted by atomic mass is 16.5. The van der Waals surface area contributed by atoms with Gasteiger partial charge in [0, 0.05) is 6.04 Å². The number of ether oxygens (including phenoxy) is 1. The quantitative estimate of drug-likeness (QED) is 0.837. The normalized spacial score (nSPS) is 18.4. The molecule has 0 heterocycles. The third-order valence-electron chi connectivity index (χ3n) is 3.29. The molecule has 0 aromatic heterocycles. The van der Waals surface area contributed by atoms with E-state index in [1.165, 1.54) is 18.9 Å². The highest BCUT2D eigenvalue weighted by Crippen LogP contribution is 2.31. The lowest BCUT2D eigenvalue weighted by Crippen LogP contribution is -2.26.